The van der Waals surface area contributed by atoms with Crippen molar-refractivity contribution in [2.45, 2.75) is 26.7 Å². The lowest BCUT2D eigenvalue weighted by Gasteiger charge is -2.18. The highest BCUT2D eigenvalue weighted by molar-refractivity contribution is 6.30. The van der Waals surface area contributed by atoms with Crippen LogP contribution in [0.1, 0.15) is 29.8 Å². The molecule has 1 aromatic carbocycles. The third kappa shape index (κ3) is 2.83. The Morgan fingerprint density at radius 2 is 1.86 bits per heavy atom. The summed E-state index contributed by atoms with van der Waals surface area (Å²) in [5, 5.41) is 9.78. The smallest absolute Gasteiger partial charge is 0.352 e. The highest BCUT2D eigenvalue weighted by Crippen LogP contribution is 2.23. The van der Waals surface area contributed by atoms with Gasteiger partial charge in [-0.25, -0.2) is 4.79 Å². The first-order chi connectivity index (χ1) is 9.82. The molecule has 0 aliphatic rings. The minimum atomic E-state index is -0.954. The monoisotopic (exact) mass is 306 g/mol. The average Bonchev–Trinajstić information content (AvgIpc) is 2.40. The fourth-order valence-electron chi connectivity index (χ4n) is 2.42. The Hall–Kier alpha value is -2.14. The van der Waals surface area contributed by atoms with Crippen molar-refractivity contribution in [3.8, 4) is 5.69 Å². The van der Waals surface area contributed by atoms with Crippen LogP contribution in [-0.2, 0) is 4.79 Å². The molecule has 1 N–H and O–H groups in total. The molecule has 0 saturated heterocycles. The van der Waals surface area contributed by atoms with Crippen LogP contribution >= 0.6 is 11.6 Å². The second-order valence-corrected chi connectivity index (χ2v) is 5.29. The Morgan fingerprint density at radius 1 is 1.29 bits per heavy atom. The largest absolute Gasteiger partial charge is 0.481 e. The van der Waals surface area contributed by atoms with E-state index in [1.54, 1.807) is 45.0 Å². The molecule has 0 fully saturated rings. The van der Waals surface area contributed by atoms with Gasteiger partial charge in [0.1, 0.15) is 0 Å². The van der Waals surface area contributed by atoms with E-state index in [0.717, 1.165) is 0 Å². The van der Waals surface area contributed by atoms with Gasteiger partial charge >= 0.3 is 11.7 Å². The van der Waals surface area contributed by atoms with E-state index in [9.17, 15) is 14.7 Å². The van der Waals surface area contributed by atoms with Gasteiger partial charge in [-0.05, 0) is 45.0 Å². The first-order valence-electron chi connectivity index (χ1n) is 6.41. The van der Waals surface area contributed by atoms with E-state index < -0.39 is 17.6 Å². The second-order valence-electron chi connectivity index (χ2n) is 4.85. The van der Waals surface area contributed by atoms with E-state index in [2.05, 4.69) is 4.98 Å². The second kappa shape index (κ2) is 5.69. The van der Waals surface area contributed by atoms with Crippen molar-refractivity contribution >= 4 is 17.6 Å². The number of rotatable bonds is 3. The van der Waals surface area contributed by atoms with Crippen molar-refractivity contribution in [2.24, 2.45) is 0 Å². The van der Waals surface area contributed by atoms with Crippen LogP contribution in [0, 0.1) is 13.8 Å². The van der Waals surface area contributed by atoms with Crippen molar-refractivity contribution in [1.82, 2.24) is 9.55 Å². The first kappa shape index (κ1) is 15.3. The van der Waals surface area contributed by atoms with Crippen LogP contribution in [-0.4, -0.2) is 20.6 Å². The average molecular weight is 307 g/mol. The number of benzene rings is 1. The van der Waals surface area contributed by atoms with E-state index >= 15 is 0 Å². The predicted octanol–water partition coefficient (Wildman–Crippen LogP) is 2.69. The predicted molar refractivity (Wildman–Crippen MR) is 80.4 cm³/mol. The van der Waals surface area contributed by atoms with Crippen molar-refractivity contribution in [3.05, 3.63) is 56.7 Å². The zero-order valence-corrected chi connectivity index (χ0v) is 12.7. The van der Waals surface area contributed by atoms with E-state index in [1.165, 1.54) is 4.57 Å². The van der Waals surface area contributed by atoms with Gasteiger partial charge in [0, 0.05) is 22.0 Å². The lowest BCUT2D eigenvalue weighted by atomic mass is 9.98. The van der Waals surface area contributed by atoms with Gasteiger partial charge in [-0.1, -0.05) is 11.6 Å². The molecule has 0 amide bonds. The van der Waals surface area contributed by atoms with Gasteiger partial charge < -0.3 is 5.11 Å². The summed E-state index contributed by atoms with van der Waals surface area (Å²) in [6.07, 6.45) is 0. The van der Waals surface area contributed by atoms with Gasteiger partial charge in [0.25, 0.3) is 0 Å². The Morgan fingerprint density at radius 3 is 2.38 bits per heavy atom. The maximum atomic E-state index is 12.2. The molecule has 21 heavy (non-hydrogen) atoms. The molecule has 1 heterocycles. The molecule has 6 heteroatoms. The molecule has 0 aliphatic heterocycles. The van der Waals surface area contributed by atoms with Gasteiger partial charge in [-0.3, -0.25) is 9.36 Å². The molecule has 1 aromatic heterocycles. The molecule has 0 radical (unpaired) electrons. The summed E-state index contributed by atoms with van der Waals surface area (Å²) in [5.74, 6) is -1.69. The lowest BCUT2D eigenvalue weighted by molar-refractivity contribution is -0.138. The Balaban J connectivity index is 2.73. The summed E-state index contributed by atoms with van der Waals surface area (Å²) < 4.78 is 1.40. The highest BCUT2D eigenvalue weighted by Gasteiger charge is 2.22. The van der Waals surface area contributed by atoms with Crippen LogP contribution in [0.5, 0.6) is 0 Å². The number of hydrogen-bond donors (Lipinski definition) is 1. The molecule has 2 rings (SSSR count). The molecule has 0 spiro atoms. The van der Waals surface area contributed by atoms with Crippen molar-refractivity contribution in [3.63, 3.8) is 0 Å². The number of hydrogen-bond acceptors (Lipinski definition) is 3. The van der Waals surface area contributed by atoms with Crippen LogP contribution in [0.15, 0.2) is 29.1 Å². The topological polar surface area (TPSA) is 72.2 Å². The molecule has 0 saturated carbocycles. The zero-order chi connectivity index (χ0) is 15.7. The fourth-order valence-corrected chi connectivity index (χ4v) is 2.55. The summed E-state index contributed by atoms with van der Waals surface area (Å²) in [4.78, 5) is 27.4. The maximum absolute atomic E-state index is 12.2. The van der Waals surface area contributed by atoms with E-state index in [4.69, 9.17) is 11.6 Å². The van der Waals surface area contributed by atoms with Crippen molar-refractivity contribution in [2.75, 3.05) is 0 Å². The number of carboxylic acids is 1. The highest BCUT2D eigenvalue weighted by atomic mass is 35.5. The number of carboxylic acid groups (broad SMARTS) is 1. The number of aliphatic carboxylic acids is 1. The van der Waals surface area contributed by atoms with Crippen LogP contribution in [0.4, 0.5) is 0 Å². The van der Waals surface area contributed by atoms with Crippen LogP contribution in [0.25, 0.3) is 5.69 Å². The third-order valence-electron chi connectivity index (χ3n) is 3.46. The SMILES string of the molecule is Cc1nc(=O)n(-c2ccc(Cl)cc2)c(C)c1C(C)C(=O)O. The van der Waals surface area contributed by atoms with E-state index in [-0.39, 0.29) is 0 Å². The molecule has 0 bridgehead atoms. The van der Waals surface area contributed by atoms with Gasteiger partial charge in [-0.15, -0.1) is 0 Å². The first-order valence-corrected chi connectivity index (χ1v) is 6.79. The fraction of sp³-hybridized carbons (Fsp3) is 0.267. The summed E-state index contributed by atoms with van der Waals surface area (Å²) in [6, 6.07) is 6.73. The number of aromatic nitrogens is 2. The van der Waals surface area contributed by atoms with E-state index in [1.807, 2.05) is 0 Å². The van der Waals surface area contributed by atoms with Gasteiger partial charge in [0.15, 0.2) is 0 Å². The number of aryl methyl sites for hydroxylation is 1. The van der Waals surface area contributed by atoms with Crippen molar-refractivity contribution in [1.29, 1.82) is 0 Å². The Labute approximate surface area is 126 Å². The molecule has 2 aromatic rings. The Kier molecular flexibility index (Phi) is 4.14. The van der Waals surface area contributed by atoms with Gasteiger partial charge in [0.2, 0.25) is 0 Å². The molecule has 1 atom stereocenters. The quantitative estimate of drug-likeness (QED) is 0.946. The number of nitrogens with zero attached hydrogens (tertiary/aromatic N) is 2. The molecule has 1 unspecified atom stereocenters. The normalized spacial score (nSPS) is 12.2. The number of carbonyl (C=O) groups is 1. The van der Waals surface area contributed by atoms with Gasteiger partial charge in [0.05, 0.1) is 11.6 Å². The minimum absolute atomic E-state index is 0.436. The van der Waals surface area contributed by atoms with Gasteiger partial charge in [-0.2, -0.15) is 4.98 Å². The van der Waals surface area contributed by atoms with Crippen LogP contribution in [0.3, 0.4) is 0 Å². The maximum Gasteiger partial charge on any atom is 0.352 e. The summed E-state index contributed by atoms with van der Waals surface area (Å²) >= 11 is 5.85. The zero-order valence-electron chi connectivity index (χ0n) is 11.9. The molecular weight excluding hydrogens is 292 g/mol. The third-order valence-corrected chi connectivity index (χ3v) is 3.71. The molecule has 0 aliphatic carbocycles. The molecule has 110 valence electrons. The summed E-state index contributed by atoms with van der Waals surface area (Å²) in [5.41, 5.74) is 1.74. The standard InChI is InChI=1S/C15H15ClN2O3/c1-8(14(19)20)13-9(2)17-15(21)18(10(13)3)12-6-4-11(16)5-7-12/h4-8H,1-3H3,(H,19,20). The minimum Gasteiger partial charge on any atom is -0.481 e. The summed E-state index contributed by atoms with van der Waals surface area (Å²) in [6.45, 7) is 4.95. The number of halogens is 1. The molecule has 5 nitrogen and oxygen atoms in total. The summed E-state index contributed by atoms with van der Waals surface area (Å²) in [7, 11) is 0. The lowest BCUT2D eigenvalue weighted by Crippen LogP contribution is -2.28. The van der Waals surface area contributed by atoms with Crippen LogP contribution in [0.2, 0.25) is 5.02 Å². The molecular formula is C15H15ClN2O3. The van der Waals surface area contributed by atoms with E-state index in [0.29, 0.717) is 27.7 Å². The Bertz CT molecular complexity index is 751. The van der Waals surface area contributed by atoms with Crippen molar-refractivity contribution < 1.29 is 9.90 Å². The van der Waals surface area contributed by atoms with Crippen LogP contribution < -0.4 is 5.69 Å².